The van der Waals surface area contributed by atoms with E-state index in [2.05, 4.69) is 0 Å². The van der Waals surface area contributed by atoms with Crippen LogP contribution in [0.5, 0.6) is 0 Å². The van der Waals surface area contributed by atoms with E-state index in [1.54, 1.807) is 0 Å². The molecule has 1 fully saturated rings. The third-order valence-corrected chi connectivity index (χ3v) is 2.06. The lowest BCUT2D eigenvalue weighted by molar-refractivity contribution is -0.0175. The number of carboxylic acid groups (broad SMARTS) is 1. The van der Waals surface area contributed by atoms with Crippen molar-refractivity contribution in [2.75, 3.05) is 20.2 Å². The Hall–Kier alpha value is -0.840. The summed E-state index contributed by atoms with van der Waals surface area (Å²) in [7, 11) is 1.44. The first-order chi connectivity index (χ1) is 5.65. The van der Waals surface area contributed by atoms with Crippen LogP contribution in [0, 0.1) is 0 Å². The third-order valence-electron chi connectivity index (χ3n) is 2.06. The van der Waals surface area contributed by atoms with E-state index in [0.29, 0.717) is 13.0 Å². The first-order valence-electron chi connectivity index (χ1n) is 3.80. The van der Waals surface area contributed by atoms with Gasteiger partial charge in [-0.2, -0.15) is 0 Å². The van der Waals surface area contributed by atoms with Crippen molar-refractivity contribution in [3.63, 3.8) is 0 Å². The van der Waals surface area contributed by atoms with E-state index in [4.69, 9.17) is 9.84 Å². The van der Waals surface area contributed by atoms with Gasteiger partial charge in [-0.05, 0) is 6.42 Å². The number of halogens is 1. The number of alkyl halides is 1. The molecule has 1 aliphatic rings. The number of piperidine rings is 1. The fourth-order valence-corrected chi connectivity index (χ4v) is 1.32. The van der Waals surface area contributed by atoms with Crippen molar-refractivity contribution in [2.45, 2.75) is 18.7 Å². The lowest BCUT2D eigenvalue weighted by atomic mass is 10.1. The first kappa shape index (κ1) is 9.25. The van der Waals surface area contributed by atoms with E-state index < -0.39 is 18.4 Å². The van der Waals surface area contributed by atoms with E-state index in [1.807, 2.05) is 0 Å². The molecule has 0 aliphatic carbocycles. The zero-order valence-corrected chi connectivity index (χ0v) is 6.86. The molecular weight excluding hydrogens is 165 g/mol. The Morgan fingerprint density at radius 3 is 2.83 bits per heavy atom. The number of methoxy groups -OCH3 is 1. The Balaban J connectivity index is 2.46. The van der Waals surface area contributed by atoms with Crippen molar-refractivity contribution in [3.8, 4) is 0 Å². The van der Waals surface area contributed by atoms with Gasteiger partial charge in [-0.15, -0.1) is 0 Å². The maximum absolute atomic E-state index is 13.0. The standard InChI is InChI=1S/C7H12FNO3/c1-12-6-2-3-9(7(10)11)4-5(6)8/h5-6H,2-4H2,1H3,(H,10,11)/t5-,6?/m0/s1. The van der Waals surface area contributed by atoms with Crippen LogP contribution in [0.2, 0.25) is 0 Å². The molecule has 0 saturated carbocycles. The maximum Gasteiger partial charge on any atom is 0.407 e. The average molecular weight is 177 g/mol. The number of hydrogen-bond donors (Lipinski definition) is 1. The van der Waals surface area contributed by atoms with Crippen LogP contribution in [0.15, 0.2) is 0 Å². The number of likely N-dealkylation sites (tertiary alicyclic amines) is 1. The minimum atomic E-state index is -1.19. The predicted octanol–water partition coefficient (Wildman–Crippen LogP) is 0.723. The summed E-state index contributed by atoms with van der Waals surface area (Å²) < 4.78 is 17.9. The lowest BCUT2D eigenvalue weighted by Crippen LogP contribution is -2.47. The smallest absolute Gasteiger partial charge is 0.407 e. The highest BCUT2D eigenvalue weighted by atomic mass is 19.1. The molecule has 0 radical (unpaired) electrons. The van der Waals surface area contributed by atoms with Gasteiger partial charge in [0, 0.05) is 13.7 Å². The van der Waals surface area contributed by atoms with Crippen molar-refractivity contribution < 1.29 is 19.0 Å². The Labute approximate surface area is 69.9 Å². The van der Waals surface area contributed by atoms with Crippen LogP contribution in [0.25, 0.3) is 0 Å². The number of carbonyl (C=O) groups is 1. The molecule has 1 aliphatic heterocycles. The van der Waals surface area contributed by atoms with Crippen LogP contribution in [0.3, 0.4) is 0 Å². The maximum atomic E-state index is 13.0. The SMILES string of the molecule is COC1CCN(C(=O)O)C[C@@H]1F. The van der Waals surface area contributed by atoms with E-state index in [-0.39, 0.29) is 6.54 Å². The van der Waals surface area contributed by atoms with E-state index in [9.17, 15) is 9.18 Å². The van der Waals surface area contributed by atoms with Gasteiger partial charge >= 0.3 is 6.09 Å². The molecule has 1 rings (SSSR count). The van der Waals surface area contributed by atoms with Gasteiger partial charge in [0.25, 0.3) is 0 Å². The molecule has 0 bridgehead atoms. The summed E-state index contributed by atoms with van der Waals surface area (Å²) in [6.45, 7) is 0.280. The number of amides is 1. The summed E-state index contributed by atoms with van der Waals surface area (Å²) in [5, 5.41) is 8.53. The fraction of sp³-hybridized carbons (Fsp3) is 0.857. The molecule has 1 heterocycles. The van der Waals surface area contributed by atoms with Crippen LogP contribution >= 0.6 is 0 Å². The normalized spacial score (nSPS) is 30.3. The summed E-state index contributed by atoms with van der Waals surface area (Å²) in [5.41, 5.74) is 0. The van der Waals surface area contributed by atoms with Crippen molar-refractivity contribution in [1.29, 1.82) is 0 Å². The summed E-state index contributed by atoms with van der Waals surface area (Å²) in [5.74, 6) is 0. The highest BCUT2D eigenvalue weighted by molar-refractivity contribution is 5.65. The molecule has 1 unspecified atom stereocenters. The van der Waals surface area contributed by atoms with Gasteiger partial charge in [0.05, 0.1) is 12.6 Å². The van der Waals surface area contributed by atoms with E-state index in [1.165, 1.54) is 7.11 Å². The second-order valence-electron chi connectivity index (χ2n) is 2.81. The molecular formula is C7H12FNO3. The second-order valence-corrected chi connectivity index (χ2v) is 2.81. The molecule has 12 heavy (non-hydrogen) atoms. The Morgan fingerprint density at radius 2 is 2.42 bits per heavy atom. The van der Waals surface area contributed by atoms with E-state index >= 15 is 0 Å². The minimum absolute atomic E-state index is 0.0756. The minimum Gasteiger partial charge on any atom is -0.465 e. The Morgan fingerprint density at radius 1 is 1.75 bits per heavy atom. The molecule has 4 nitrogen and oxygen atoms in total. The first-order valence-corrected chi connectivity index (χ1v) is 3.80. The van der Waals surface area contributed by atoms with Crippen LogP contribution in [0.1, 0.15) is 6.42 Å². The summed E-state index contributed by atoms with van der Waals surface area (Å²) >= 11 is 0. The van der Waals surface area contributed by atoms with Gasteiger partial charge in [0.2, 0.25) is 0 Å². The van der Waals surface area contributed by atoms with E-state index in [0.717, 1.165) is 4.90 Å². The van der Waals surface area contributed by atoms with Crippen molar-refractivity contribution in [2.24, 2.45) is 0 Å². The predicted molar refractivity (Wildman–Crippen MR) is 39.9 cm³/mol. The van der Waals surface area contributed by atoms with Crippen LogP contribution in [-0.2, 0) is 4.74 Å². The zero-order valence-electron chi connectivity index (χ0n) is 6.86. The van der Waals surface area contributed by atoms with Gasteiger partial charge in [0.15, 0.2) is 0 Å². The van der Waals surface area contributed by atoms with Crippen LogP contribution in [0.4, 0.5) is 9.18 Å². The monoisotopic (exact) mass is 177 g/mol. The van der Waals surface area contributed by atoms with Gasteiger partial charge in [-0.1, -0.05) is 0 Å². The van der Waals surface area contributed by atoms with Crippen molar-refractivity contribution in [3.05, 3.63) is 0 Å². The molecule has 0 aromatic rings. The Bertz CT molecular complexity index is 176. The molecule has 5 heteroatoms. The lowest BCUT2D eigenvalue weighted by Gasteiger charge is -2.31. The highest BCUT2D eigenvalue weighted by Gasteiger charge is 2.31. The van der Waals surface area contributed by atoms with Crippen molar-refractivity contribution >= 4 is 6.09 Å². The van der Waals surface area contributed by atoms with Crippen LogP contribution < -0.4 is 0 Å². The molecule has 0 spiro atoms. The topological polar surface area (TPSA) is 49.8 Å². The quantitative estimate of drug-likeness (QED) is 0.642. The average Bonchev–Trinajstić information content (AvgIpc) is 2.04. The highest BCUT2D eigenvalue weighted by Crippen LogP contribution is 2.16. The largest absolute Gasteiger partial charge is 0.465 e. The van der Waals surface area contributed by atoms with Gasteiger partial charge < -0.3 is 14.7 Å². The van der Waals surface area contributed by atoms with Gasteiger partial charge in [-0.25, -0.2) is 9.18 Å². The molecule has 0 aromatic carbocycles. The second kappa shape index (κ2) is 3.71. The number of nitrogens with zero attached hydrogens (tertiary/aromatic N) is 1. The van der Waals surface area contributed by atoms with Gasteiger partial charge in [0.1, 0.15) is 6.17 Å². The molecule has 2 atom stereocenters. The number of rotatable bonds is 1. The van der Waals surface area contributed by atoms with Crippen LogP contribution in [-0.4, -0.2) is 48.6 Å². The fourth-order valence-electron chi connectivity index (χ4n) is 1.32. The molecule has 1 amide bonds. The molecule has 1 N–H and O–H groups in total. The zero-order chi connectivity index (χ0) is 9.14. The molecule has 0 aromatic heterocycles. The summed E-state index contributed by atoms with van der Waals surface area (Å²) in [6.07, 6.45) is -2.27. The number of hydrogen-bond acceptors (Lipinski definition) is 2. The Kier molecular flexibility index (Phi) is 2.86. The third kappa shape index (κ3) is 1.85. The molecule has 1 saturated heterocycles. The molecule has 70 valence electrons. The number of ether oxygens (including phenoxy) is 1. The summed E-state index contributed by atoms with van der Waals surface area (Å²) in [6, 6.07) is 0. The summed E-state index contributed by atoms with van der Waals surface area (Å²) in [4.78, 5) is 11.5. The van der Waals surface area contributed by atoms with Gasteiger partial charge in [-0.3, -0.25) is 0 Å². The van der Waals surface area contributed by atoms with Crippen molar-refractivity contribution in [1.82, 2.24) is 4.90 Å².